The molecule has 2 aliphatic heterocycles. The highest BCUT2D eigenvalue weighted by molar-refractivity contribution is 7.99. The Morgan fingerprint density at radius 2 is 1.11 bits per heavy atom. The third-order valence-electron chi connectivity index (χ3n) is 5.86. The van der Waals surface area contributed by atoms with E-state index in [0.29, 0.717) is 0 Å². The van der Waals surface area contributed by atoms with E-state index in [2.05, 4.69) is 87.8 Å². The number of hydrogen-bond acceptors (Lipinski definition) is 2. The lowest BCUT2D eigenvalue weighted by molar-refractivity contribution is 0.494. The van der Waals surface area contributed by atoms with Gasteiger partial charge in [0, 0.05) is 20.9 Å². The van der Waals surface area contributed by atoms with Crippen molar-refractivity contribution in [1.29, 1.82) is 0 Å². The lowest BCUT2D eigenvalue weighted by atomic mass is 9.81. The maximum Gasteiger partial charge on any atom is 0.0259 e. The minimum Gasteiger partial charge on any atom is -0.126 e. The van der Waals surface area contributed by atoms with Gasteiger partial charge in [-0.25, -0.2) is 0 Å². The van der Waals surface area contributed by atoms with Crippen LogP contribution in [0.15, 0.2) is 46.2 Å². The normalized spacial score (nSPS) is 18.6. The quantitative estimate of drug-likeness (QED) is 0.453. The molecule has 0 spiro atoms. The highest BCUT2D eigenvalue weighted by Crippen LogP contribution is 2.42. The van der Waals surface area contributed by atoms with Crippen molar-refractivity contribution in [2.45, 2.75) is 61.2 Å². The van der Waals surface area contributed by atoms with Crippen LogP contribution in [0, 0.1) is 23.7 Å². The third-order valence-corrected chi connectivity index (χ3v) is 8.01. The van der Waals surface area contributed by atoms with Crippen LogP contribution < -0.4 is 0 Å². The lowest BCUT2D eigenvalue weighted by Crippen LogP contribution is -2.22. The maximum absolute atomic E-state index is 3.24. The Morgan fingerprint density at radius 3 is 1.54 bits per heavy atom. The fourth-order valence-corrected chi connectivity index (χ4v) is 6.81. The zero-order valence-electron chi connectivity index (χ0n) is 17.1. The molecule has 0 bridgehead atoms. The van der Waals surface area contributed by atoms with E-state index in [9.17, 15) is 0 Å². The summed E-state index contributed by atoms with van der Waals surface area (Å²) in [6.07, 6.45) is 2.43. The summed E-state index contributed by atoms with van der Waals surface area (Å²) < 4.78 is 0. The highest BCUT2D eigenvalue weighted by atomic mass is 32.2. The molecule has 0 nitrogen and oxygen atoms in total. The number of rotatable bonds is 0. The molecule has 0 radical (unpaired) electrons. The number of hydrogen-bond donors (Lipinski definition) is 0. The standard InChI is InChI=1S/C26H26S2/c1-25(2)13-15-27-23-11-9-19(17-21(23)25)7-5-6-8-20-10-12-24-22(18-20)26(3,4)14-16-28-24/h9-12,17-18H,13-16H2,1-4H3. The summed E-state index contributed by atoms with van der Waals surface area (Å²) in [4.78, 5) is 2.81. The van der Waals surface area contributed by atoms with Crippen LogP contribution in [0.5, 0.6) is 0 Å². The van der Waals surface area contributed by atoms with Crippen LogP contribution in [-0.2, 0) is 10.8 Å². The Labute approximate surface area is 178 Å². The van der Waals surface area contributed by atoms with E-state index in [1.165, 1.54) is 45.3 Å². The first kappa shape index (κ1) is 19.6. The number of thioether (sulfide) groups is 2. The van der Waals surface area contributed by atoms with Gasteiger partial charge in [0.05, 0.1) is 0 Å². The van der Waals surface area contributed by atoms with Crippen molar-refractivity contribution in [3.63, 3.8) is 0 Å². The average Bonchev–Trinajstić information content (AvgIpc) is 2.65. The van der Waals surface area contributed by atoms with Crippen molar-refractivity contribution in [3.8, 4) is 23.7 Å². The molecule has 28 heavy (non-hydrogen) atoms. The van der Waals surface area contributed by atoms with Gasteiger partial charge in [0.1, 0.15) is 0 Å². The van der Waals surface area contributed by atoms with Crippen molar-refractivity contribution >= 4 is 23.5 Å². The molecular formula is C26H26S2. The molecule has 2 aromatic carbocycles. The predicted octanol–water partition coefficient (Wildman–Crippen LogP) is 6.64. The summed E-state index contributed by atoms with van der Waals surface area (Å²) in [5.41, 5.74) is 5.45. The molecule has 2 aliphatic rings. The van der Waals surface area contributed by atoms with E-state index >= 15 is 0 Å². The van der Waals surface area contributed by atoms with E-state index in [4.69, 9.17) is 0 Å². The fourth-order valence-electron chi connectivity index (χ4n) is 3.83. The lowest BCUT2D eigenvalue weighted by Gasteiger charge is -2.32. The molecule has 0 amide bonds. The van der Waals surface area contributed by atoms with Gasteiger partial charge in [-0.3, -0.25) is 0 Å². The first-order valence-electron chi connectivity index (χ1n) is 9.92. The molecule has 0 saturated heterocycles. The van der Waals surface area contributed by atoms with Gasteiger partial charge in [0.2, 0.25) is 0 Å². The van der Waals surface area contributed by atoms with E-state index in [-0.39, 0.29) is 10.8 Å². The third kappa shape index (κ3) is 4.00. The number of benzene rings is 2. The van der Waals surface area contributed by atoms with Crippen molar-refractivity contribution < 1.29 is 0 Å². The maximum atomic E-state index is 3.24. The summed E-state index contributed by atoms with van der Waals surface area (Å²) in [6.45, 7) is 9.33. The van der Waals surface area contributed by atoms with E-state index in [1.807, 2.05) is 23.5 Å². The van der Waals surface area contributed by atoms with E-state index in [0.717, 1.165) is 11.1 Å². The van der Waals surface area contributed by atoms with Gasteiger partial charge in [0.15, 0.2) is 0 Å². The van der Waals surface area contributed by atoms with Crippen LogP contribution in [-0.4, -0.2) is 11.5 Å². The van der Waals surface area contributed by atoms with Gasteiger partial charge in [-0.15, -0.1) is 23.5 Å². The van der Waals surface area contributed by atoms with Gasteiger partial charge in [-0.2, -0.15) is 0 Å². The van der Waals surface area contributed by atoms with Crippen LogP contribution in [0.1, 0.15) is 62.8 Å². The molecule has 0 aromatic heterocycles. The monoisotopic (exact) mass is 402 g/mol. The molecule has 142 valence electrons. The summed E-state index contributed by atoms with van der Waals surface area (Å²) in [5.74, 6) is 15.0. The fraction of sp³-hybridized carbons (Fsp3) is 0.385. The molecule has 0 atom stereocenters. The van der Waals surface area contributed by atoms with Gasteiger partial charge >= 0.3 is 0 Å². The Kier molecular flexibility index (Phi) is 5.30. The Morgan fingerprint density at radius 1 is 0.679 bits per heavy atom. The van der Waals surface area contributed by atoms with Crippen LogP contribution in [0.2, 0.25) is 0 Å². The van der Waals surface area contributed by atoms with Crippen molar-refractivity contribution in [2.24, 2.45) is 0 Å². The molecule has 0 N–H and O–H groups in total. The van der Waals surface area contributed by atoms with Crippen molar-refractivity contribution in [3.05, 3.63) is 58.7 Å². The van der Waals surface area contributed by atoms with Crippen LogP contribution >= 0.6 is 23.5 Å². The Hall–Kier alpha value is -1.74. The molecule has 2 heteroatoms. The van der Waals surface area contributed by atoms with Gasteiger partial charge in [-0.1, -0.05) is 39.5 Å². The van der Waals surface area contributed by atoms with Crippen molar-refractivity contribution in [2.75, 3.05) is 11.5 Å². The molecule has 2 aromatic rings. The molecule has 0 saturated carbocycles. The Balaban J connectivity index is 1.57. The molecule has 4 rings (SSSR count). The van der Waals surface area contributed by atoms with Crippen molar-refractivity contribution in [1.82, 2.24) is 0 Å². The highest BCUT2D eigenvalue weighted by Gasteiger charge is 2.28. The minimum atomic E-state index is 0.234. The average molecular weight is 403 g/mol. The smallest absolute Gasteiger partial charge is 0.0259 e. The summed E-state index contributed by atoms with van der Waals surface area (Å²) in [7, 11) is 0. The second kappa shape index (κ2) is 7.59. The van der Waals surface area contributed by atoms with Crippen LogP contribution in [0.4, 0.5) is 0 Å². The SMILES string of the molecule is CC1(C)CCSc2ccc(C#CC#Cc3ccc4c(c3)C(C)(C)CCS4)cc21. The summed E-state index contributed by atoms with van der Waals surface area (Å²) in [5, 5.41) is 0. The zero-order valence-corrected chi connectivity index (χ0v) is 18.7. The van der Waals surface area contributed by atoms with Gasteiger partial charge in [0.25, 0.3) is 0 Å². The summed E-state index contributed by atoms with van der Waals surface area (Å²) >= 11 is 3.92. The minimum absolute atomic E-state index is 0.234. The largest absolute Gasteiger partial charge is 0.126 e. The predicted molar refractivity (Wildman–Crippen MR) is 123 cm³/mol. The zero-order chi connectivity index (χ0) is 19.8. The second-order valence-corrected chi connectivity index (χ2v) is 11.2. The molecular weight excluding hydrogens is 376 g/mol. The molecule has 0 fully saturated rings. The van der Waals surface area contributed by atoms with E-state index < -0.39 is 0 Å². The second-order valence-electron chi connectivity index (χ2n) is 8.89. The first-order valence-corrected chi connectivity index (χ1v) is 11.9. The van der Waals surface area contributed by atoms with Crippen LogP contribution in [0.3, 0.4) is 0 Å². The molecule has 0 unspecified atom stereocenters. The van der Waals surface area contributed by atoms with Crippen LogP contribution in [0.25, 0.3) is 0 Å². The topological polar surface area (TPSA) is 0 Å². The first-order chi connectivity index (χ1) is 13.4. The van der Waals surface area contributed by atoms with E-state index in [1.54, 1.807) is 0 Å². The number of fused-ring (bicyclic) bond motifs is 2. The van der Waals surface area contributed by atoms with Gasteiger partial charge < -0.3 is 0 Å². The molecule has 2 heterocycles. The summed E-state index contributed by atoms with van der Waals surface area (Å²) in [6, 6.07) is 13.2. The molecule has 0 aliphatic carbocycles. The van der Waals surface area contributed by atoms with Gasteiger partial charge in [-0.05, 0) is 94.5 Å². The Bertz CT molecular complexity index is 950.